The van der Waals surface area contributed by atoms with Crippen molar-refractivity contribution in [3.8, 4) is 11.5 Å². The lowest BCUT2D eigenvalue weighted by Crippen LogP contribution is -2.02. The molecular formula is C8H7BrO4. The van der Waals surface area contributed by atoms with E-state index in [-0.39, 0.29) is 11.3 Å². The van der Waals surface area contributed by atoms with Gasteiger partial charge in [0.05, 0.1) is 7.11 Å². The van der Waals surface area contributed by atoms with Crippen molar-refractivity contribution in [2.24, 2.45) is 0 Å². The Morgan fingerprint density at radius 1 is 1.46 bits per heavy atom. The Bertz CT molecular complexity index is 348. The summed E-state index contributed by atoms with van der Waals surface area (Å²) < 4.78 is 4.78. The van der Waals surface area contributed by atoms with Crippen molar-refractivity contribution in [1.29, 1.82) is 0 Å². The van der Waals surface area contributed by atoms with Crippen molar-refractivity contribution in [1.82, 2.24) is 0 Å². The number of ether oxygens (including phenoxy) is 1. The van der Waals surface area contributed by atoms with Crippen LogP contribution >= 0.6 is 15.9 Å². The molecule has 0 radical (unpaired) electrons. The Labute approximate surface area is 82.9 Å². The van der Waals surface area contributed by atoms with Crippen molar-refractivity contribution < 1.29 is 19.7 Å². The second-order valence-electron chi connectivity index (χ2n) is 2.28. The highest BCUT2D eigenvalue weighted by Gasteiger charge is 2.18. The van der Waals surface area contributed by atoms with Crippen LogP contribution in [0.25, 0.3) is 0 Å². The molecule has 5 heteroatoms. The lowest BCUT2D eigenvalue weighted by Gasteiger charge is -2.05. The van der Waals surface area contributed by atoms with E-state index in [0.717, 1.165) is 0 Å². The predicted molar refractivity (Wildman–Crippen MR) is 48.8 cm³/mol. The molecule has 0 aliphatic rings. The summed E-state index contributed by atoms with van der Waals surface area (Å²) in [6.07, 6.45) is 0. The third-order valence-electron chi connectivity index (χ3n) is 1.50. The van der Waals surface area contributed by atoms with E-state index in [4.69, 9.17) is 5.11 Å². The summed E-state index contributed by atoms with van der Waals surface area (Å²) >= 11 is 3.05. The highest BCUT2D eigenvalue weighted by atomic mass is 79.9. The van der Waals surface area contributed by atoms with E-state index in [2.05, 4.69) is 20.7 Å². The van der Waals surface area contributed by atoms with Crippen molar-refractivity contribution >= 4 is 21.9 Å². The van der Waals surface area contributed by atoms with E-state index in [0.29, 0.717) is 4.47 Å². The molecule has 0 aliphatic carbocycles. The monoisotopic (exact) mass is 246 g/mol. The topological polar surface area (TPSA) is 66.8 Å². The Kier molecular flexibility index (Phi) is 2.77. The maximum absolute atomic E-state index is 11.1. The molecule has 0 fully saturated rings. The first-order chi connectivity index (χ1) is 6.07. The van der Waals surface area contributed by atoms with Crippen molar-refractivity contribution in [3.05, 3.63) is 22.2 Å². The average Bonchev–Trinajstić information content (AvgIpc) is 2.12. The molecule has 0 spiro atoms. The van der Waals surface area contributed by atoms with Crippen molar-refractivity contribution in [2.45, 2.75) is 0 Å². The minimum absolute atomic E-state index is 0.0810. The Balaban J connectivity index is 3.33. The predicted octanol–water partition coefficient (Wildman–Crippen LogP) is 1.65. The molecule has 0 aliphatic heterocycles. The average molecular weight is 247 g/mol. The summed E-state index contributed by atoms with van der Waals surface area (Å²) in [5.74, 6) is -1.55. The van der Waals surface area contributed by atoms with Gasteiger partial charge in [-0.2, -0.15) is 0 Å². The number of benzene rings is 1. The number of hydrogen-bond donors (Lipinski definition) is 2. The smallest absolute Gasteiger partial charge is 0.342 e. The molecule has 0 atom stereocenters. The van der Waals surface area contributed by atoms with Crippen LogP contribution in [-0.2, 0) is 4.74 Å². The van der Waals surface area contributed by atoms with Gasteiger partial charge in [0.15, 0.2) is 11.5 Å². The van der Waals surface area contributed by atoms with Gasteiger partial charge >= 0.3 is 5.97 Å². The first-order valence-corrected chi connectivity index (χ1v) is 4.16. The van der Waals surface area contributed by atoms with E-state index in [1.165, 1.54) is 19.2 Å². The van der Waals surface area contributed by atoms with Gasteiger partial charge in [-0.25, -0.2) is 4.79 Å². The summed E-state index contributed by atoms with van der Waals surface area (Å²) in [7, 11) is 1.19. The highest BCUT2D eigenvalue weighted by Crippen LogP contribution is 2.34. The number of carbonyl (C=O) groups excluding carboxylic acids is 1. The summed E-state index contributed by atoms with van der Waals surface area (Å²) in [5, 5.41) is 18.4. The van der Waals surface area contributed by atoms with Gasteiger partial charge in [-0.15, -0.1) is 0 Å². The lowest BCUT2D eigenvalue weighted by atomic mass is 10.2. The molecule has 1 aromatic rings. The maximum Gasteiger partial charge on any atom is 0.342 e. The summed E-state index contributed by atoms with van der Waals surface area (Å²) in [5.41, 5.74) is -0.0810. The Morgan fingerprint density at radius 3 is 2.62 bits per heavy atom. The zero-order valence-electron chi connectivity index (χ0n) is 6.74. The SMILES string of the molecule is COC(=O)c1c(Br)ccc(O)c1O. The van der Waals surface area contributed by atoms with E-state index < -0.39 is 11.7 Å². The fourth-order valence-electron chi connectivity index (χ4n) is 0.852. The molecule has 13 heavy (non-hydrogen) atoms. The minimum atomic E-state index is -0.708. The Hall–Kier alpha value is -1.23. The number of phenolic OH excluding ortho intramolecular Hbond substituents is 2. The fourth-order valence-corrected chi connectivity index (χ4v) is 1.33. The largest absolute Gasteiger partial charge is 0.504 e. The minimum Gasteiger partial charge on any atom is -0.504 e. The molecular weight excluding hydrogens is 240 g/mol. The van der Waals surface area contributed by atoms with Gasteiger partial charge in [0.2, 0.25) is 0 Å². The summed E-state index contributed by atoms with van der Waals surface area (Å²) in [6, 6.07) is 2.72. The first kappa shape index (κ1) is 9.85. The standard InChI is InChI=1S/C8H7BrO4/c1-13-8(12)6-4(9)2-3-5(10)7(6)11/h2-3,10-11H,1H3. The molecule has 2 N–H and O–H groups in total. The van der Waals surface area contributed by atoms with Crippen LogP contribution in [0, 0.1) is 0 Å². The fraction of sp³-hybridized carbons (Fsp3) is 0.125. The number of halogens is 1. The number of carbonyl (C=O) groups is 1. The number of hydrogen-bond acceptors (Lipinski definition) is 4. The molecule has 1 rings (SSSR count). The molecule has 0 saturated carbocycles. The van der Waals surface area contributed by atoms with Crippen molar-refractivity contribution in [2.75, 3.05) is 7.11 Å². The second-order valence-corrected chi connectivity index (χ2v) is 3.14. The van der Waals surface area contributed by atoms with E-state index in [9.17, 15) is 9.90 Å². The summed E-state index contributed by atoms with van der Waals surface area (Å²) in [6.45, 7) is 0. The molecule has 0 aromatic heterocycles. The third-order valence-corrected chi connectivity index (χ3v) is 2.16. The van der Waals surface area contributed by atoms with E-state index in [1.54, 1.807) is 0 Å². The summed E-state index contributed by atoms with van der Waals surface area (Å²) in [4.78, 5) is 11.1. The van der Waals surface area contributed by atoms with Crippen LogP contribution in [0.5, 0.6) is 11.5 Å². The molecule has 0 heterocycles. The van der Waals surface area contributed by atoms with Crippen molar-refractivity contribution in [3.63, 3.8) is 0 Å². The van der Waals surface area contributed by atoms with Gasteiger partial charge in [-0.3, -0.25) is 0 Å². The van der Waals surface area contributed by atoms with Gasteiger partial charge in [0.25, 0.3) is 0 Å². The number of rotatable bonds is 1. The maximum atomic E-state index is 11.1. The van der Waals surface area contributed by atoms with Gasteiger partial charge in [-0.1, -0.05) is 0 Å². The zero-order chi connectivity index (χ0) is 10.0. The molecule has 1 aromatic carbocycles. The molecule has 0 amide bonds. The van der Waals surface area contributed by atoms with E-state index in [1.807, 2.05) is 0 Å². The van der Waals surface area contributed by atoms with Gasteiger partial charge in [0, 0.05) is 4.47 Å². The molecule has 0 unspecified atom stereocenters. The molecule has 0 saturated heterocycles. The zero-order valence-corrected chi connectivity index (χ0v) is 8.33. The van der Waals surface area contributed by atoms with Crippen LogP contribution in [0.15, 0.2) is 16.6 Å². The van der Waals surface area contributed by atoms with Crippen LogP contribution in [0.3, 0.4) is 0 Å². The molecule has 0 bridgehead atoms. The van der Waals surface area contributed by atoms with Crippen LogP contribution < -0.4 is 0 Å². The van der Waals surface area contributed by atoms with Crippen LogP contribution in [0.4, 0.5) is 0 Å². The van der Waals surface area contributed by atoms with Gasteiger partial charge in [0.1, 0.15) is 5.56 Å². The van der Waals surface area contributed by atoms with Crippen LogP contribution in [0.1, 0.15) is 10.4 Å². The molecule has 70 valence electrons. The number of phenols is 2. The third kappa shape index (κ3) is 1.75. The van der Waals surface area contributed by atoms with E-state index >= 15 is 0 Å². The highest BCUT2D eigenvalue weighted by molar-refractivity contribution is 9.10. The second kappa shape index (κ2) is 3.66. The number of aromatic hydroxyl groups is 2. The molecule has 4 nitrogen and oxygen atoms in total. The number of esters is 1. The van der Waals surface area contributed by atoms with Gasteiger partial charge in [-0.05, 0) is 28.1 Å². The van der Waals surface area contributed by atoms with Gasteiger partial charge < -0.3 is 14.9 Å². The normalized spacial score (nSPS) is 9.69. The van der Waals surface area contributed by atoms with Crippen LogP contribution in [0.2, 0.25) is 0 Å². The lowest BCUT2D eigenvalue weighted by molar-refractivity contribution is 0.0595. The van der Waals surface area contributed by atoms with Crippen LogP contribution in [-0.4, -0.2) is 23.3 Å². The first-order valence-electron chi connectivity index (χ1n) is 3.36. The Morgan fingerprint density at radius 2 is 2.08 bits per heavy atom. The number of methoxy groups -OCH3 is 1. The quantitative estimate of drug-likeness (QED) is 0.584.